The van der Waals surface area contributed by atoms with Crippen LogP contribution in [-0.2, 0) is 7.05 Å². The highest BCUT2D eigenvalue weighted by Crippen LogP contribution is 2.29. The Morgan fingerprint density at radius 2 is 1.83 bits per heavy atom. The zero-order chi connectivity index (χ0) is 12.5. The van der Waals surface area contributed by atoms with Crippen molar-refractivity contribution in [1.82, 2.24) is 14.5 Å². The first-order valence-electron chi connectivity index (χ1n) is 5.84. The molecule has 2 aromatic heterocycles. The molecule has 3 aromatic rings. The van der Waals surface area contributed by atoms with Crippen LogP contribution in [0.25, 0.3) is 22.0 Å². The third-order valence-corrected chi connectivity index (χ3v) is 3.08. The van der Waals surface area contributed by atoms with Crippen molar-refractivity contribution < 1.29 is 0 Å². The summed E-state index contributed by atoms with van der Waals surface area (Å²) in [5.41, 5.74) is 3.41. The van der Waals surface area contributed by atoms with Crippen LogP contribution in [0.15, 0.2) is 42.9 Å². The molecule has 0 aliphatic heterocycles. The van der Waals surface area contributed by atoms with Gasteiger partial charge in [0.25, 0.3) is 0 Å². The van der Waals surface area contributed by atoms with Crippen LogP contribution in [-0.4, -0.2) is 21.6 Å². The molecule has 18 heavy (non-hydrogen) atoms. The van der Waals surface area contributed by atoms with Gasteiger partial charge in [-0.05, 0) is 6.07 Å². The number of anilines is 1. The van der Waals surface area contributed by atoms with E-state index in [0.29, 0.717) is 5.95 Å². The molecular weight excluding hydrogens is 224 g/mol. The molecule has 0 spiro atoms. The van der Waals surface area contributed by atoms with Crippen LogP contribution in [0.3, 0.4) is 0 Å². The molecule has 3 rings (SSSR count). The number of nitrogens with one attached hydrogen (secondary N) is 1. The molecule has 1 aromatic carbocycles. The van der Waals surface area contributed by atoms with Gasteiger partial charge >= 0.3 is 0 Å². The number of hydrogen-bond acceptors (Lipinski definition) is 3. The van der Waals surface area contributed by atoms with Crippen LogP contribution < -0.4 is 5.32 Å². The number of aromatic nitrogens is 3. The lowest BCUT2D eigenvalue weighted by molar-refractivity contribution is 0.970. The molecule has 2 heterocycles. The van der Waals surface area contributed by atoms with E-state index in [0.717, 1.165) is 11.1 Å². The number of benzene rings is 1. The van der Waals surface area contributed by atoms with Crippen molar-refractivity contribution in [1.29, 1.82) is 0 Å². The second-order valence-corrected chi connectivity index (χ2v) is 4.22. The number of para-hydroxylation sites is 1. The summed E-state index contributed by atoms with van der Waals surface area (Å²) in [6.07, 6.45) is 5.81. The highest BCUT2D eigenvalue weighted by molar-refractivity contribution is 5.95. The number of nitrogens with zero attached hydrogens (tertiary/aromatic N) is 3. The van der Waals surface area contributed by atoms with Gasteiger partial charge < -0.3 is 9.88 Å². The minimum Gasteiger partial charge on any atom is -0.357 e. The van der Waals surface area contributed by atoms with Crippen molar-refractivity contribution in [2.75, 3.05) is 12.4 Å². The molecule has 0 atom stereocenters. The van der Waals surface area contributed by atoms with Gasteiger partial charge in [0.05, 0.1) is 0 Å². The lowest BCUT2D eigenvalue weighted by Gasteiger charge is -2.00. The quantitative estimate of drug-likeness (QED) is 0.746. The second kappa shape index (κ2) is 4.14. The topological polar surface area (TPSA) is 42.7 Å². The van der Waals surface area contributed by atoms with E-state index in [4.69, 9.17) is 0 Å². The Kier molecular flexibility index (Phi) is 2.48. The lowest BCUT2D eigenvalue weighted by atomic mass is 10.1. The van der Waals surface area contributed by atoms with Gasteiger partial charge in [-0.1, -0.05) is 18.2 Å². The summed E-state index contributed by atoms with van der Waals surface area (Å²) in [6, 6.07) is 8.33. The van der Waals surface area contributed by atoms with Crippen molar-refractivity contribution in [2.45, 2.75) is 0 Å². The molecule has 4 heteroatoms. The van der Waals surface area contributed by atoms with Crippen LogP contribution in [0, 0.1) is 0 Å². The van der Waals surface area contributed by atoms with Gasteiger partial charge in [-0.2, -0.15) is 0 Å². The summed E-state index contributed by atoms with van der Waals surface area (Å²) in [6.45, 7) is 0. The van der Waals surface area contributed by atoms with Crippen molar-refractivity contribution in [3.8, 4) is 11.1 Å². The maximum absolute atomic E-state index is 4.26. The van der Waals surface area contributed by atoms with Crippen LogP contribution >= 0.6 is 0 Å². The molecule has 0 saturated heterocycles. The highest BCUT2D eigenvalue weighted by atomic mass is 15.1. The van der Waals surface area contributed by atoms with Crippen LogP contribution in [0.5, 0.6) is 0 Å². The predicted molar refractivity (Wildman–Crippen MR) is 73.5 cm³/mol. The van der Waals surface area contributed by atoms with E-state index in [1.165, 1.54) is 10.9 Å². The van der Waals surface area contributed by atoms with Crippen molar-refractivity contribution in [2.24, 2.45) is 7.05 Å². The Hall–Kier alpha value is -2.36. The minimum absolute atomic E-state index is 0.638. The molecule has 0 amide bonds. The van der Waals surface area contributed by atoms with Gasteiger partial charge in [0, 0.05) is 54.7 Å². The van der Waals surface area contributed by atoms with Gasteiger partial charge in [0.15, 0.2) is 0 Å². The van der Waals surface area contributed by atoms with E-state index in [2.05, 4.69) is 51.3 Å². The molecule has 0 unspecified atom stereocenters. The molecule has 1 N–H and O–H groups in total. The fourth-order valence-corrected chi connectivity index (χ4v) is 2.17. The smallest absolute Gasteiger partial charge is 0.222 e. The van der Waals surface area contributed by atoms with Crippen LogP contribution in [0.2, 0.25) is 0 Å². The van der Waals surface area contributed by atoms with Crippen LogP contribution in [0.4, 0.5) is 5.95 Å². The standard InChI is InChI=1S/C14H14N4/c1-15-14-16-7-10(8-17-14)12-9-18(2)13-6-4-3-5-11(12)13/h3-9H,1-2H3,(H,15,16,17). The van der Waals surface area contributed by atoms with E-state index in [1.807, 2.05) is 25.5 Å². The molecule has 0 aliphatic rings. The molecule has 90 valence electrons. The Morgan fingerprint density at radius 1 is 1.11 bits per heavy atom. The maximum atomic E-state index is 4.26. The van der Waals surface area contributed by atoms with Gasteiger partial charge in [-0.3, -0.25) is 0 Å². The third-order valence-electron chi connectivity index (χ3n) is 3.08. The molecule has 0 radical (unpaired) electrons. The first-order valence-corrected chi connectivity index (χ1v) is 5.84. The fraction of sp³-hybridized carbons (Fsp3) is 0.143. The largest absolute Gasteiger partial charge is 0.357 e. The van der Waals surface area contributed by atoms with Gasteiger partial charge in [0.1, 0.15) is 0 Å². The molecule has 0 aliphatic carbocycles. The molecule has 4 nitrogen and oxygen atoms in total. The zero-order valence-corrected chi connectivity index (χ0v) is 10.4. The van der Waals surface area contributed by atoms with E-state index >= 15 is 0 Å². The fourth-order valence-electron chi connectivity index (χ4n) is 2.17. The number of aryl methyl sites for hydroxylation is 1. The molecular formula is C14H14N4. The predicted octanol–water partition coefficient (Wildman–Crippen LogP) is 2.68. The molecule has 0 fully saturated rings. The minimum atomic E-state index is 0.638. The monoisotopic (exact) mass is 238 g/mol. The summed E-state index contributed by atoms with van der Waals surface area (Å²) in [7, 11) is 3.86. The average molecular weight is 238 g/mol. The zero-order valence-electron chi connectivity index (χ0n) is 10.4. The molecule has 0 saturated carbocycles. The molecule has 0 bridgehead atoms. The lowest BCUT2D eigenvalue weighted by Crippen LogP contribution is -1.95. The van der Waals surface area contributed by atoms with Crippen molar-refractivity contribution in [3.05, 3.63) is 42.9 Å². The average Bonchev–Trinajstić information content (AvgIpc) is 2.77. The van der Waals surface area contributed by atoms with Crippen LogP contribution in [0.1, 0.15) is 0 Å². The van der Waals surface area contributed by atoms with E-state index < -0.39 is 0 Å². The summed E-state index contributed by atoms with van der Waals surface area (Å²) < 4.78 is 2.12. The SMILES string of the molecule is CNc1ncc(-c2cn(C)c3ccccc23)cn1. The number of fused-ring (bicyclic) bond motifs is 1. The highest BCUT2D eigenvalue weighted by Gasteiger charge is 2.08. The second-order valence-electron chi connectivity index (χ2n) is 4.22. The summed E-state index contributed by atoms with van der Waals surface area (Å²) in [4.78, 5) is 8.52. The first kappa shape index (κ1) is 10.8. The summed E-state index contributed by atoms with van der Waals surface area (Å²) in [5, 5.41) is 4.14. The Morgan fingerprint density at radius 3 is 2.56 bits per heavy atom. The van der Waals surface area contributed by atoms with Gasteiger partial charge in [-0.25, -0.2) is 9.97 Å². The van der Waals surface area contributed by atoms with Crippen molar-refractivity contribution in [3.63, 3.8) is 0 Å². The van der Waals surface area contributed by atoms with Crippen molar-refractivity contribution >= 4 is 16.9 Å². The Balaban J connectivity index is 2.18. The van der Waals surface area contributed by atoms with E-state index in [1.54, 1.807) is 0 Å². The Bertz CT molecular complexity index is 683. The van der Waals surface area contributed by atoms with E-state index in [9.17, 15) is 0 Å². The normalized spacial score (nSPS) is 10.8. The van der Waals surface area contributed by atoms with Gasteiger partial charge in [-0.15, -0.1) is 0 Å². The Labute approximate surface area is 105 Å². The number of rotatable bonds is 2. The third kappa shape index (κ3) is 1.62. The first-order chi connectivity index (χ1) is 8.79. The summed E-state index contributed by atoms with van der Waals surface area (Å²) >= 11 is 0. The summed E-state index contributed by atoms with van der Waals surface area (Å²) in [5.74, 6) is 0.638. The number of hydrogen-bond donors (Lipinski definition) is 1. The van der Waals surface area contributed by atoms with Gasteiger partial charge in [0.2, 0.25) is 5.95 Å². The van der Waals surface area contributed by atoms with E-state index in [-0.39, 0.29) is 0 Å². The maximum Gasteiger partial charge on any atom is 0.222 e.